The zero-order valence-corrected chi connectivity index (χ0v) is 20.0. The van der Waals surface area contributed by atoms with Crippen LogP contribution in [0.25, 0.3) is 0 Å². The molecule has 0 spiro atoms. The predicted molar refractivity (Wildman–Crippen MR) is 128 cm³/mol. The second-order valence-corrected chi connectivity index (χ2v) is 9.02. The van der Waals surface area contributed by atoms with E-state index >= 15 is 0 Å². The molecule has 0 radical (unpaired) electrons. The first kappa shape index (κ1) is 23.6. The quantitative estimate of drug-likeness (QED) is 0.419. The molecule has 0 saturated heterocycles. The average Bonchev–Trinajstić information content (AvgIpc) is 3.12. The first-order chi connectivity index (χ1) is 14.9. The van der Waals surface area contributed by atoms with Gasteiger partial charge in [0.2, 0.25) is 5.91 Å². The van der Waals surface area contributed by atoms with E-state index in [4.69, 9.17) is 23.2 Å². The minimum Gasteiger partial charge on any atom is -0.325 e. The molecular formula is C22H25Cl2N5OS. The number of thioether (sulfide) groups is 1. The molecule has 1 aromatic heterocycles. The van der Waals surface area contributed by atoms with Crippen molar-refractivity contribution in [1.82, 2.24) is 19.7 Å². The number of carbonyl (C=O) groups excluding carboxylic acids is 1. The molecule has 31 heavy (non-hydrogen) atoms. The topological polar surface area (TPSA) is 63.1 Å². The Morgan fingerprint density at radius 1 is 1.13 bits per heavy atom. The maximum Gasteiger partial charge on any atom is 0.234 e. The molecule has 0 aliphatic rings. The average molecular weight is 478 g/mol. The fourth-order valence-electron chi connectivity index (χ4n) is 3.25. The fourth-order valence-corrected chi connectivity index (χ4v) is 4.29. The van der Waals surface area contributed by atoms with Gasteiger partial charge in [-0.1, -0.05) is 72.2 Å². The number of carbonyl (C=O) groups is 1. The number of halogens is 2. The predicted octanol–water partition coefficient (Wildman–Crippen LogP) is 5.38. The van der Waals surface area contributed by atoms with Gasteiger partial charge in [0, 0.05) is 5.69 Å². The largest absolute Gasteiger partial charge is 0.325 e. The van der Waals surface area contributed by atoms with E-state index < -0.39 is 0 Å². The van der Waals surface area contributed by atoms with E-state index in [0.29, 0.717) is 27.4 Å². The molecule has 164 valence electrons. The first-order valence-corrected chi connectivity index (χ1v) is 11.6. The zero-order chi connectivity index (χ0) is 22.4. The van der Waals surface area contributed by atoms with Gasteiger partial charge in [-0.2, -0.15) is 0 Å². The highest BCUT2D eigenvalue weighted by Crippen LogP contribution is 2.27. The number of hydrogen-bond acceptors (Lipinski definition) is 5. The Hall–Kier alpha value is -2.06. The van der Waals surface area contributed by atoms with E-state index in [-0.39, 0.29) is 17.7 Å². The van der Waals surface area contributed by atoms with Crippen LogP contribution in [0.4, 0.5) is 5.69 Å². The van der Waals surface area contributed by atoms with Crippen LogP contribution >= 0.6 is 35.0 Å². The Morgan fingerprint density at radius 2 is 1.87 bits per heavy atom. The van der Waals surface area contributed by atoms with Crippen molar-refractivity contribution >= 4 is 46.6 Å². The molecule has 0 saturated carbocycles. The summed E-state index contributed by atoms with van der Waals surface area (Å²) in [7, 11) is 4.07. The molecule has 1 amide bonds. The Bertz CT molecular complexity index is 1030. The number of hydrogen-bond donors (Lipinski definition) is 1. The Morgan fingerprint density at radius 3 is 2.52 bits per heavy atom. The highest BCUT2D eigenvalue weighted by Gasteiger charge is 2.22. The van der Waals surface area contributed by atoms with Gasteiger partial charge in [-0.3, -0.25) is 9.69 Å². The Balaban J connectivity index is 1.77. The molecule has 0 unspecified atom stereocenters. The first-order valence-electron chi connectivity index (χ1n) is 9.90. The number of benzene rings is 2. The monoisotopic (exact) mass is 477 g/mol. The van der Waals surface area contributed by atoms with Crippen LogP contribution in [0.15, 0.2) is 53.7 Å². The van der Waals surface area contributed by atoms with E-state index in [0.717, 1.165) is 17.8 Å². The summed E-state index contributed by atoms with van der Waals surface area (Å²) in [6.45, 7) is 2.77. The summed E-state index contributed by atoms with van der Waals surface area (Å²) in [5, 5.41) is 13.3. The van der Waals surface area contributed by atoms with E-state index in [1.807, 2.05) is 32.3 Å². The van der Waals surface area contributed by atoms with Crippen molar-refractivity contribution in [1.29, 1.82) is 0 Å². The van der Waals surface area contributed by atoms with Gasteiger partial charge in [0.25, 0.3) is 0 Å². The molecule has 0 aliphatic heterocycles. The van der Waals surface area contributed by atoms with Crippen LogP contribution in [-0.4, -0.2) is 45.4 Å². The number of anilines is 1. The summed E-state index contributed by atoms with van der Waals surface area (Å²) < 4.78 is 2.10. The molecule has 2 aromatic carbocycles. The van der Waals surface area contributed by atoms with Gasteiger partial charge in [-0.25, -0.2) is 0 Å². The van der Waals surface area contributed by atoms with E-state index in [9.17, 15) is 4.79 Å². The molecular weight excluding hydrogens is 453 g/mol. The maximum absolute atomic E-state index is 12.5. The van der Waals surface area contributed by atoms with Gasteiger partial charge in [-0.15, -0.1) is 10.2 Å². The summed E-state index contributed by atoms with van der Waals surface area (Å²) in [4.78, 5) is 14.6. The molecule has 3 rings (SSSR count). The van der Waals surface area contributed by atoms with Gasteiger partial charge in [0.1, 0.15) is 0 Å². The van der Waals surface area contributed by atoms with Crippen LogP contribution in [0.2, 0.25) is 10.0 Å². The van der Waals surface area contributed by atoms with Crippen molar-refractivity contribution in [3.63, 3.8) is 0 Å². The fraction of sp³-hybridized carbons (Fsp3) is 0.318. The highest BCUT2D eigenvalue weighted by molar-refractivity contribution is 7.99. The molecule has 6 nitrogen and oxygen atoms in total. The number of aromatic nitrogens is 3. The van der Waals surface area contributed by atoms with Crippen molar-refractivity contribution in [2.45, 2.75) is 31.1 Å². The minimum atomic E-state index is -0.154. The van der Waals surface area contributed by atoms with Crippen molar-refractivity contribution < 1.29 is 4.79 Å². The zero-order valence-electron chi connectivity index (χ0n) is 17.7. The molecule has 1 heterocycles. The summed E-state index contributed by atoms with van der Waals surface area (Å²) >= 11 is 13.3. The van der Waals surface area contributed by atoms with E-state index in [1.165, 1.54) is 11.8 Å². The Kier molecular flexibility index (Phi) is 8.37. The number of nitrogens with zero attached hydrogens (tertiary/aromatic N) is 4. The molecule has 3 aromatic rings. The van der Waals surface area contributed by atoms with E-state index in [1.54, 1.807) is 18.2 Å². The SMILES string of the molecule is CC[C@@H](c1nnc(SCC(=O)Nc2ccc(Cl)c(Cl)c2)n1Cc1ccccc1)N(C)C. The van der Waals surface area contributed by atoms with Crippen molar-refractivity contribution in [2.24, 2.45) is 0 Å². The van der Waals surface area contributed by atoms with Crippen molar-refractivity contribution in [2.75, 3.05) is 25.2 Å². The van der Waals surface area contributed by atoms with Crippen LogP contribution in [0.3, 0.4) is 0 Å². The molecule has 0 bridgehead atoms. The van der Waals surface area contributed by atoms with Gasteiger partial charge >= 0.3 is 0 Å². The number of nitrogens with one attached hydrogen (secondary N) is 1. The summed E-state index contributed by atoms with van der Waals surface area (Å²) in [6, 6.07) is 15.3. The van der Waals surface area contributed by atoms with Crippen LogP contribution < -0.4 is 5.32 Å². The minimum absolute atomic E-state index is 0.135. The van der Waals surface area contributed by atoms with Gasteiger partial charge in [0.05, 0.1) is 28.4 Å². The third-order valence-corrected chi connectivity index (χ3v) is 6.48. The normalized spacial score (nSPS) is 12.2. The Labute approximate surface area is 196 Å². The lowest BCUT2D eigenvalue weighted by Gasteiger charge is -2.23. The summed E-state index contributed by atoms with van der Waals surface area (Å²) in [5.74, 6) is 0.939. The molecule has 9 heteroatoms. The van der Waals surface area contributed by atoms with E-state index in [2.05, 4.69) is 44.0 Å². The maximum atomic E-state index is 12.5. The standard InChI is InChI=1S/C22H25Cl2N5OS/c1-4-19(28(2)3)21-26-27-22(29(21)13-15-8-6-5-7-9-15)31-14-20(30)25-16-10-11-17(23)18(24)12-16/h5-12,19H,4,13-14H2,1-3H3,(H,25,30)/t19-/m0/s1. The highest BCUT2D eigenvalue weighted by atomic mass is 35.5. The summed E-state index contributed by atoms with van der Waals surface area (Å²) in [5.41, 5.74) is 1.75. The third kappa shape index (κ3) is 6.23. The second-order valence-electron chi connectivity index (χ2n) is 7.27. The molecule has 1 atom stereocenters. The van der Waals surface area contributed by atoms with Gasteiger partial charge < -0.3 is 9.88 Å². The summed E-state index contributed by atoms with van der Waals surface area (Å²) in [6.07, 6.45) is 0.905. The van der Waals surface area contributed by atoms with Crippen LogP contribution in [-0.2, 0) is 11.3 Å². The van der Waals surface area contributed by atoms with Crippen LogP contribution in [0, 0.1) is 0 Å². The lowest BCUT2D eigenvalue weighted by Crippen LogP contribution is -2.23. The molecule has 1 N–H and O–H groups in total. The second kappa shape index (κ2) is 11.0. The lowest BCUT2D eigenvalue weighted by molar-refractivity contribution is -0.113. The van der Waals surface area contributed by atoms with Gasteiger partial charge in [-0.05, 0) is 44.3 Å². The van der Waals surface area contributed by atoms with Crippen molar-refractivity contribution in [3.8, 4) is 0 Å². The van der Waals surface area contributed by atoms with Gasteiger partial charge in [0.15, 0.2) is 11.0 Å². The number of amides is 1. The number of rotatable bonds is 9. The lowest BCUT2D eigenvalue weighted by atomic mass is 10.2. The molecule has 0 fully saturated rings. The van der Waals surface area contributed by atoms with Crippen molar-refractivity contribution in [3.05, 3.63) is 70.0 Å². The van der Waals surface area contributed by atoms with Crippen LogP contribution in [0.1, 0.15) is 30.8 Å². The third-order valence-electron chi connectivity index (χ3n) is 4.77. The molecule has 0 aliphatic carbocycles. The smallest absolute Gasteiger partial charge is 0.234 e. The van der Waals surface area contributed by atoms with Crippen LogP contribution in [0.5, 0.6) is 0 Å².